The molecule has 1 fully saturated rings. The predicted molar refractivity (Wildman–Crippen MR) is 129 cm³/mol. The number of nitrogens with zero attached hydrogens (tertiary/aromatic N) is 1. The first kappa shape index (κ1) is 23.4. The largest absolute Gasteiger partial charge is 0.352 e. The Bertz CT molecular complexity index is 807. The summed E-state index contributed by atoms with van der Waals surface area (Å²) in [4.78, 5) is 28.1. The molecule has 3 rings (SSSR count). The Labute approximate surface area is 190 Å². The summed E-state index contributed by atoms with van der Waals surface area (Å²) in [6.45, 7) is 2.47. The smallest absolute Gasteiger partial charge is 0.243 e. The Morgan fingerprint density at radius 1 is 1.00 bits per heavy atom. The van der Waals surface area contributed by atoms with Crippen molar-refractivity contribution in [3.63, 3.8) is 0 Å². The molecular formula is C26H34N2O2S. The molecule has 1 aliphatic rings. The predicted octanol–water partition coefficient (Wildman–Crippen LogP) is 5.18. The van der Waals surface area contributed by atoms with Crippen LogP contribution in [0.4, 0.5) is 0 Å². The van der Waals surface area contributed by atoms with Crippen molar-refractivity contribution >= 4 is 23.6 Å². The number of carbonyl (C=O) groups is 2. The van der Waals surface area contributed by atoms with Gasteiger partial charge in [0.05, 0.1) is 0 Å². The summed E-state index contributed by atoms with van der Waals surface area (Å²) in [5, 5.41) is 3.20. The molecule has 0 saturated heterocycles. The number of benzene rings is 2. The molecule has 0 heterocycles. The van der Waals surface area contributed by atoms with Gasteiger partial charge in [0.2, 0.25) is 11.8 Å². The highest BCUT2D eigenvalue weighted by atomic mass is 32.2. The highest BCUT2D eigenvalue weighted by molar-refractivity contribution is 7.98. The maximum Gasteiger partial charge on any atom is 0.243 e. The average Bonchev–Trinajstić information content (AvgIpc) is 3.31. The molecule has 2 amide bonds. The Morgan fingerprint density at radius 3 is 2.23 bits per heavy atom. The van der Waals surface area contributed by atoms with Gasteiger partial charge in [-0.1, -0.05) is 80.4 Å². The fourth-order valence-electron chi connectivity index (χ4n) is 4.13. The summed E-state index contributed by atoms with van der Waals surface area (Å²) >= 11 is 1.76. The van der Waals surface area contributed by atoms with Crippen molar-refractivity contribution in [3.05, 3.63) is 71.8 Å². The minimum absolute atomic E-state index is 0.00406. The summed E-state index contributed by atoms with van der Waals surface area (Å²) in [6, 6.07) is 20.1. The van der Waals surface area contributed by atoms with Crippen molar-refractivity contribution in [3.8, 4) is 0 Å². The number of thioether (sulfide) groups is 1. The van der Waals surface area contributed by atoms with Gasteiger partial charge in [-0.2, -0.15) is 11.8 Å². The second-order valence-corrected chi connectivity index (χ2v) is 9.31. The van der Waals surface area contributed by atoms with E-state index in [2.05, 4.69) is 17.4 Å². The molecule has 0 bridgehead atoms. The van der Waals surface area contributed by atoms with Gasteiger partial charge in [0.25, 0.3) is 0 Å². The molecule has 0 spiro atoms. The van der Waals surface area contributed by atoms with Gasteiger partial charge in [0, 0.05) is 30.5 Å². The quantitative estimate of drug-likeness (QED) is 0.492. The number of hydrogen-bond donors (Lipinski definition) is 1. The molecule has 2 aromatic carbocycles. The van der Waals surface area contributed by atoms with E-state index in [1.54, 1.807) is 16.7 Å². The second-order valence-electron chi connectivity index (χ2n) is 8.21. The first-order valence-corrected chi connectivity index (χ1v) is 12.6. The van der Waals surface area contributed by atoms with E-state index in [-0.39, 0.29) is 17.9 Å². The van der Waals surface area contributed by atoms with Crippen LogP contribution in [-0.4, -0.2) is 34.6 Å². The van der Waals surface area contributed by atoms with Crippen LogP contribution in [0.15, 0.2) is 60.7 Å². The fraction of sp³-hybridized carbons (Fsp3) is 0.462. The van der Waals surface area contributed by atoms with Gasteiger partial charge in [-0.25, -0.2) is 0 Å². The minimum atomic E-state index is -0.424. The number of amides is 2. The zero-order valence-electron chi connectivity index (χ0n) is 18.5. The standard InChI is InChI=1S/C26H34N2O2S/c1-2-24(26(30)27-23-15-9-10-16-23)28(19-21-11-5-3-6-12-21)25(29)17-18-31-20-22-13-7-4-8-14-22/h3-8,11-14,23-24H,2,9-10,15-20H2,1H3,(H,27,30)/t24-/m1/s1. The van der Waals surface area contributed by atoms with Crippen LogP contribution in [0.25, 0.3) is 0 Å². The molecule has 0 aliphatic heterocycles. The van der Waals surface area contributed by atoms with E-state index in [1.807, 2.05) is 55.5 Å². The SMILES string of the molecule is CC[C@H](C(=O)NC1CCCC1)N(Cc1ccccc1)C(=O)CCSCc1ccccc1. The molecule has 1 atom stereocenters. The van der Waals surface area contributed by atoms with Crippen LogP contribution in [0.1, 0.15) is 56.6 Å². The second kappa shape index (κ2) is 12.6. The topological polar surface area (TPSA) is 49.4 Å². The van der Waals surface area contributed by atoms with E-state index in [9.17, 15) is 9.59 Å². The molecule has 2 aromatic rings. The Morgan fingerprint density at radius 2 is 1.61 bits per heavy atom. The van der Waals surface area contributed by atoms with Crippen LogP contribution in [0.2, 0.25) is 0 Å². The fourth-order valence-corrected chi connectivity index (χ4v) is 5.03. The summed E-state index contributed by atoms with van der Waals surface area (Å²) < 4.78 is 0. The lowest BCUT2D eigenvalue weighted by molar-refractivity contribution is -0.141. The van der Waals surface area contributed by atoms with Gasteiger partial charge >= 0.3 is 0 Å². The lowest BCUT2D eigenvalue weighted by Gasteiger charge is -2.31. The summed E-state index contributed by atoms with van der Waals surface area (Å²) in [5.74, 6) is 1.69. The van der Waals surface area contributed by atoms with E-state index in [1.165, 1.54) is 18.4 Å². The maximum absolute atomic E-state index is 13.2. The molecule has 0 unspecified atom stereocenters. The third-order valence-electron chi connectivity index (χ3n) is 5.86. The van der Waals surface area contributed by atoms with Crippen LogP contribution in [-0.2, 0) is 21.9 Å². The van der Waals surface area contributed by atoms with Crippen LogP contribution < -0.4 is 5.32 Å². The van der Waals surface area contributed by atoms with E-state index in [0.29, 0.717) is 19.4 Å². The number of carbonyl (C=O) groups excluding carboxylic acids is 2. The average molecular weight is 439 g/mol. The lowest BCUT2D eigenvalue weighted by atomic mass is 10.1. The molecule has 1 aliphatic carbocycles. The van der Waals surface area contributed by atoms with Crippen LogP contribution in [0.5, 0.6) is 0 Å². The Kier molecular flexibility index (Phi) is 9.47. The maximum atomic E-state index is 13.2. The molecule has 0 radical (unpaired) electrons. The minimum Gasteiger partial charge on any atom is -0.352 e. The summed E-state index contributed by atoms with van der Waals surface area (Å²) in [7, 11) is 0. The Balaban J connectivity index is 1.62. The molecule has 0 aromatic heterocycles. The summed E-state index contributed by atoms with van der Waals surface area (Å²) in [6.07, 6.45) is 5.50. The van der Waals surface area contributed by atoms with E-state index >= 15 is 0 Å². The third kappa shape index (κ3) is 7.42. The first-order valence-electron chi connectivity index (χ1n) is 11.4. The molecule has 31 heavy (non-hydrogen) atoms. The molecular weight excluding hydrogens is 404 g/mol. The molecule has 1 N–H and O–H groups in total. The highest BCUT2D eigenvalue weighted by Crippen LogP contribution is 2.20. The van der Waals surface area contributed by atoms with Crippen molar-refractivity contribution in [2.45, 2.75) is 69.8 Å². The van der Waals surface area contributed by atoms with E-state index in [4.69, 9.17) is 0 Å². The van der Waals surface area contributed by atoms with Gasteiger partial charge < -0.3 is 10.2 Å². The highest BCUT2D eigenvalue weighted by Gasteiger charge is 2.30. The van der Waals surface area contributed by atoms with Gasteiger partial charge in [0.15, 0.2) is 0 Å². The van der Waals surface area contributed by atoms with Gasteiger partial charge in [0.1, 0.15) is 6.04 Å². The van der Waals surface area contributed by atoms with Crippen molar-refractivity contribution in [1.29, 1.82) is 0 Å². The third-order valence-corrected chi connectivity index (χ3v) is 6.89. The first-order chi connectivity index (χ1) is 15.2. The molecule has 166 valence electrons. The molecule has 4 nitrogen and oxygen atoms in total. The van der Waals surface area contributed by atoms with Crippen molar-refractivity contribution in [1.82, 2.24) is 10.2 Å². The normalized spacial score (nSPS) is 14.9. The molecule has 1 saturated carbocycles. The van der Waals surface area contributed by atoms with E-state index < -0.39 is 6.04 Å². The van der Waals surface area contributed by atoms with Crippen LogP contribution in [0, 0.1) is 0 Å². The zero-order valence-corrected chi connectivity index (χ0v) is 19.3. The Hall–Kier alpha value is -2.27. The number of hydrogen-bond acceptors (Lipinski definition) is 3. The zero-order chi connectivity index (χ0) is 21.9. The van der Waals surface area contributed by atoms with Gasteiger partial charge in [-0.15, -0.1) is 0 Å². The van der Waals surface area contributed by atoms with Crippen LogP contribution in [0.3, 0.4) is 0 Å². The van der Waals surface area contributed by atoms with Gasteiger partial charge in [-0.3, -0.25) is 9.59 Å². The monoisotopic (exact) mass is 438 g/mol. The van der Waals surface area contributed by atoms with Crippen LogP contribution >= 0.6 is 11.8 Å². The molecule has 5 heteroatoms. The van der Waals surface area contributed by atoms with Gasteiger partial charge in [-0.05, 0) is 30.4 Å². The van der Waals surface area contributed by atoms with Crippen molar-refractivity contribution in [2.75, 3.05) is 5.75 Å². The van der Waals surface area contributed by atoms with Crippen molar-refractivity contribution < 1.29 is 9.59 Å². The lowest BCUT2D eigenvalue weighted by Crippen LogP contribution is -2.51. The van der Waals surface area contributed by atoms with E-state index in [0.717, 1.165) is 29.9 Å². The summed E-state index contributed by atoms with van der Waals surface area (Å²) in [5.41, 5.74) is 2.32. The number of rotatable bonds is 11. The van der Waals surface area contributed by atoms with Crippen molar-refractivity contribution in [2.24, 2.45) is 0 Å². The number of nitrogens with one attached hydrogen (secondary N) is 1.